The SMILES string of the molecule is CC(C)(CC(=O)N[C@@H]1CCc2cc(F)ccc2N(Cc2ccc(-c3ccccc3)c(Nc3nn[nH]n3)c2)C1=O)NC[C@H](O)CO. The Hall–Kier alpha value is -4.72. The number of anilines is 3. The number of benzene rings is 3. The summed E-state index contributed by atoms with van der Waals surface area (Å²) in [6, 6.07) is 19.1. The Labute approximate surface area is 260 Å². The number of fused-ring (bicyclic) bond motifs is 1. The van der Waals surface area contributed by atoms with E-state index in [-0.39, 0.29) is 37.3 Å². The normalized spacial score (nSPS) is 15.7. The van der Waals surface area contributed by atoms with E-state index in [4.69, 9.17) is 5.11 Å². The van der Waals surface area contributed by atoms with Gasteiger partial charge in [0.05, 0.1) is 19.3 Å². The van der Waals surface area contributed by atoms with Gasteiger partial charge in [-0.3, -0.25) is 9.59 Å². The highest BCUT2D eigenvalue weighted by Crippen LogP contribution is 2.33. The largest absolute Gasteiger partial charge is 0.394 e. The van der Waals surface area contributed by atoms with Crippen molar-refractivity contribution in [2.24, 2.45) is 0 Å². The third-order valence-corrected chi connectivity index (χ3v) is 7.66. The molecule has 2 heterocycles. The predicted molar refractivity (Wildman–Crippen MR) is 167 cm³/mol. The second kappa shape index (κ2) is 13.9. The van der Waals surface area contributed by atoms with E-state index in [2.05, 4.69) is 36.6 Å². The molecule has 2 atom stereocenters. The Morgan fingerprint density at radius 1 is 1.16 bits per heavy atom. The molecule has 12 nitrogen and oxygen atoms in total. The van der Waals surface area contributed by atoms with Crippen molar-refractivity contribution in [2.75, 3.05) is 23.4 Å². The number of halogens is 1. The van der Waals surface area contributed by atoms with Gasteiger partial charge in [-0.25, -0.2) is 4.39 Å². The van der Waals surface area contributed by atoms with E-state index >= 15 is 0 Å². The minimum atomic E-state index is -0.951. The lowest BCUT2D eigenvalue weighted by Gasteiger charge is -2.29. The summed E-state index contributed by atoms with van der Waals surface area (Å²) < 4.78 is 14.3. The molecule has 2 amide bonds. The van der Waals surface area contributed by atoms with E-state index < -0.39 is 30.1 Å². The van der Waals surface area contributed by atoms with Crippen LogP contribution in [0.3, 0.4) is 0 Å². The zero-order valence-electron chi connectivity index (χ0n) is 25.1. The number of H-pyrrole nitrogens is 1. The minimum absolute atomic E-state index is 0.0303. The number of carbonyl (C=O) groups is 2. The summed E-state index contributed by atoms with van der Waals surface area (Å²) in [7, 11) is 0. The highest BCUT2D eigenvalue weighted by molar-refractivity contribution is 6.00. The maximum absolute atomic E-state index is 14.3. The van der Waals surface area contributed by atoms with Crippen LogP contribution in [-0.2, 0) is 22.6 Å². The van der Waals surface area contributed by atoms with E-state index in [0.29, 0.717) is 29.8 Å². The fourth-order valence-corrected chi connectivity index (χ4v) is 5.39. The van der Waals surface area contributed by atoms with Crippen molar-refractivity contribution in [1.82, 2.24) is 31.3 Å². The number of tetrazole rings is 1. The summed E-state index contributed by atoms with van der Waals surface area (Å²) in [5.41, 5.74) is 3.89. The third-order valence-electron chi connectivity index (χ3n) is 7.66. The van der Waals surface area contributed by atoms with Crippen LogP contribution >= 0.6 is 0 Å². The molecular formula is C32H37FN8O4. The van der Waals surface area contributed by atoms with Crippen molar-refractivity contribution in [3.63, 3.8) is 0 Å². The van der Waals surface area contributed by atoms with Crippen LogP contribution in [0.4, 0.5) is 21.7 Å². The first-order valence-corrected chi connectivity index (χ1v) is 14.7. The number of aromatic nitrogens is 4. The molecule has 4 aromatic rings. The van der Waals surface area contributed by atoms with Crippen molar-refractivity contribution in [3.8, 4) is 11.1 Å². The lowest BCUT2D eigenvalue weighted by atomic mass is 9.99. The van der Waals surface area contributed by atoms with Gasteiger partial charge in [0.1, 0.15) is 11.9 Å². The molecule has 0 saturated heterocycles. The number of aromatic amines is 1. The van der Waals surface area contributed by atoms with Crippen LogP contribution in [0.15, 0.2) is 66.7 Å². The van der Waals surface area contributed by atoms with Crippen LogP contribution in [0.1, 0.15) is 37.8 Å². The molecule has 0 fully saturated rings. The number of hydrogen-bond donors (Lipinski definition) is 6. The van der Waals surface area contributed by atoms with Crippen LogP contribution in [0.25, 0.3) is 11.1 Å². The van der Waals surface area contributed by atoms with E-state index in [1.807, 2.05) is 48.5 Å². The molecule has 5 rings (SSSR count). The Morgan fingerprint density at radius 2 is 1.96 bits per heavy atom. The number of amides is 2. The fraction of sp³-hybridized carbons (Fsp3) is 0.344. The smallest absolute Gasteiger partial charge is 0.267 e. The molecule has 3 aromatic carbocycles. The highest BCUT2D eigenvalue weighted by atomic mass is 19.1. The first-order valence-electron chi connectivity index (χ1n) is 14.7. The molecular weight excluding hydrogens is 579 g/mol. The van der Waals surface area contributed by atoms with Gasteiger partial charge in [0.15, 0.2) is 0 Å². The summed E-state index contributed by atoms with van der Waals surface area (Å²) >= 11 is 0. The van der Waals surface area contributed by atoms with Crippen molar-refractivity contribution in [1.29, 1.82) is 0 Å². The maximum Gasteiger partial charge on any atom is 0.267 e. The molecule has 1 aliphatic heterocycles. The predicted octanol–water partition coefficient (Wildman–Crippen LogP) is 2.83. The van der Waals surface area contributed by atoms with Crippen LogP contribution in [0.2, 0.25) is 0 Å². The van der Waals surface area contributed by atoms with Crippen LogP contribution < -0.4 is 20.9 Å². The van der Waals surface area contributed by atoms with Crippen LogP contribution in [0.5, 0.6) is 0 Å². The van der Waals surface area contributed by atoms with Crippen molar-refractivity contribution in [3.05, 3.63) is 83.7 Å². The molecule has 0 aliphatic carbocycles. The van der Waals surface area contributed by atoms with Gasteiger partial charge >= 0.3 is 0 Å². The molecule has 45 heavy (non-hydrogen) atoms. The molecule has 1 aliphatic rings. The van der Waals surface area contributed by atoms with Crippen LogP contribution in [-0.4, -0.2) is 73.5 Å². The number of carbonyl (C=O) groups excluding carboxylic acids is 2. The van der Waals surface area contributed by atoms with Crippen LogP contribution in [0, 0.1) is 5.82 Å². The summed E-state index contributed by atoms with van der Waals surface area (Å²) in [6.45, 7) is 3.48. The molecule has 1 aromatic heterocycles. The van der Waals surface area contributed by atoms with Gasteiger partial charge in [0, 0.05) is 35.4 Å². The zero-order chi connectivity index (χ0) is 32.0. The van der Waals surface area contributed by atoms with Gasteiger partial charge in [-0.1, -0.05) is 47.6 Å². The van der Waals surface area contributed by atoms with E-state index in [9.17, 15) is 19.1 Å². The van der Waals surface area contributed by atoms with Gasteiger partial charge < -0.3 is 31.1 Å². The first-order chi connectivity index (χ1) is 21.6. The van der Waals surface area contributed by atoms with Gasteiger partial charge in [-0.15, -0.1) is 5.10 Å². The minimum Gasteiger partial charge on any atom is -0.394 e. The summed E-state index contributed by atoms with van der Waals surface area (Å²) in [6.07, 6.45) is -0.232. The second-order valence-electron chi connectivity index (χ2n) is 11.7. The Bertz CT molecular complexity index is 1620. The van der Waals surface area contributed by atoms with E-state index in [0.717, 1.165) is 16.7 Å². The lowest BCUT2D eigenvalue weighted by Crippen LogP contribution is -2.51. The third kappa shape index (κ3) is 8.06. The molecule has 6 N–H and O–H groups in total. The van der Waals surface area contributed by atoms with Crippen molar-refractivity contribution in [2.45, 2.75) is 57.3 Å². The maximum atomic E-state index is 14.3. The number of rotatable bonds is 12. The number of nitrogens with one attached hydrogen (secondary N) is 4. The van der Waals surface area contributed by atoms with Crippen molar-refractivity contribution < 1.29 is 24.2 Å². The molecule has 13 heteroatoms. The molecule has 236 valence electrons. The number of hydrogen-bond acceptors (Lipinski definition) is 9. The highest BCUT2D eigenvalue weighted by Gasteiger charge is 2.33. The van der Waals surface area contributed by atoms with Gasteiger partial charge in [0.25, 0.3) is 5.95 Å². The monoisotopic (exact) mass is 616 g/mol. The first kappa shape index (κ1) is 31.7. The van der Waals surface area contributed by atoms with Crippen molar-refractivity contribution >= 4 is 29.1 Å². The molecule has 0 radical (unpaired) electrons. The molecule has 0 unspecified atom stereocenters. The standard InChI is InChI=1S/C32H37FN8O4/c1-32(2,34-17-24(43)19-42)16-29(44)35-26-12-9-22-15-23(33)10-13-28(22)41(30(26)45)18-20-8-11-25(21-6-4-3-5-7-21)27(14-20)36-31-37-39-40-38-31/h3-8,10-11,13-15,24,26,34,42-43H,9,12,16-19H2,1-2H3,(H,35,44)(H2,36,37,38,39,40)/t24-,26+/m0/s1. The second-order valence-corrected chi connectivity index (χ2v) is 11.7. The number of β-amino-alcohol motifs (C(OH)–C–C–N with tert-alkyl or cyclic N) is 1. The average molecular weight is 617 g/mol. The summed E-state index contributed by atoms with van der Waals surface area (Å²) in [4.78, 5) is 28.8. The Balaban J connectivity index is 1.41. The average Bonchev–Trinajstić information content (AvgIpc) is 3.50. The topological polar surface area (TPSA) is 168 Å². The van der Waals surface area contributed by atoms with Gasteiger partial charge in [0.2, 0.25) is 11.8 Å². The lowest BCUT2D eigenvalue weighted by molar-refractivity contribution is -0.128. The zero-order valence-corrected chi connectivity index (χ0v) is 25.1. The van der Waals surface area contributed by atoms with Gasteiger partial charge in [-0.05, 0) is 72.9 Å². The quantitative estimate of drug-likeness (QED) is 0.140. The molecule has 0 bridgehead atoms. The summed E-state index contributed by atoms with van der Waals surface area (Å²) in [5, 5.41) is 42.0. The number of nitrogens with zero attached hydrogens (tertiary/aromatic N) is 4. The number of aliphatic hydroxyl groups is 2. The van der Waals surface area contributed by atoms with E-state index in [1.165, 1.54) is 12.1 Å². The Kier molecular flexibility index (Phi) is 9.81. The van der Waals surface area contributed by atoms with Gasteiger partial charge in [-0.2, -0.15) is 5.21 Å². The Morgan fingerprint density at radius 3 is 2.69 bits per heavy atom. The van der Waals surface area contributed by atoms with E-state index in [1.54, 1.807) is 24.8 Å². The molecule has 0 saturated carbocycles. The number of aliphatic hydroxyl groups excluding tert-OH is 2. The fourth-order valence-electron chi connectivity index (χ4n) is 5.39. The summed E-state index contributed by atoms with van der Waals surface area (Å²) in [5.74, 6) is -0.780. The molecule has 0 spiro atoms. The number of aryl methyl sites for hydroxylation is 1.